The second kappa shape index (κ2) is 9.13. The maximum absolute atomic E-state index is 12.6. The van der Waals surface area contributed by atoms with E-state index in [1.54, 1.807) is 20.1 Å². The summed E-state index contributed by atoms with van der Waals surface area (Å²) < 4.78 is 6.66. The molecule has 0 fully saturated rings. The van der Waals surface area contributed by atoms with Gasteiger partial charge in [-0.3, -0.25) is 4.79 Å². The van der Waals surface area contributed by atoms with Gasteiger partial charge in [0.25, 0.3) is 0 Å². The minimum atomic E-state index is -0.544. The van der Waals surface area contributed by atoms with Crippen LogP contribution < -0.4 is 15.9 Å². The quantitative estimate of drug-likeness (QED) is 0.305. The number of nitrogens with zero attached hydrogens (tertiary/aromatic N) is 3. The predicted molar refractivity (Wildman–Crippen MR) is 118 cm³/mol. The van der Waals surface area contributed by atoms with Crippen molar-refractivity contribution in [2.75, 3.05) is 18.3 Å². The average molecular weight is 473 g/mol. The molecule has 0 saturated carbocycles. The number of nitrogen functional groups attached to an aromatic ring is 1. The van der Waals surface area contributed by atoms with Crippen molar-refractivity contribution in [2.24, 2.45) is 0 Å². The number of aromatic nitrogens is 3. The van der Waals surface area contributed by atoms with Crippen molar-refractivity contribution in [3.63, 3.8) is 0 Å². The molecule has 0 bridgehead atoms. The van der Waals surface area contributed by atoms with Gasteiger partial charge < -0.3 is 15.9 Å². The van der Waals surface area contributed by atoms with Gasteiger partial charge in [0.1, 0.15) is 5.75 Å². The Hall–Kier alpha value is -2.13. The third-order valence-corrected chi connectivity index (χ3v) is 6.02. The van der Waals surface area contributed by atoms with Crippen LogP contribution in [0, 0.1) is 0 Å². The van der Waals surface area contributed by atoms with Gasteiger partial charge in [0, 0.05) is 0 Å². The maximum Gasteiger partial charge on any atom is 0.237 e. The summed E-state index contributed by atoms with van der Waals surface area (Å²) >= 11 is 19.2. The molecule has 1 atom stereocenters. The standard InChI is InChI=1S/C18H16Cl3N5O2S/c1-9(17(27)23-14-8-12(20)11(19)7-13(14)21)29-18-25-24-16(26(18)22)10-5-3-4-6-15(10)28-2/h3-9H,22H2,1-2H3,(H,23,27). The first-order valence-corrected chi connectivity index (χ1v) is 10.3. The summed E-state index contributed by atoms with van der Waals surface area (Å²) in [5, 5.41) is 11.6. The molecule has 0 aliphatic heterocycles. The van der Waals surface area contributed by atoms with Gasteiger partial charge in [0.15, 0.2) is 5.82 Å². The number of anilines is 1. The van der Waals surface area contributed by atoms with E-state index in [0.29, 0.717) is 33.0 Å². The highest BCUT2D eigenvalue weighted by molar-refractivity contribution is 8.00. The Bertz CT molecular complexity index is 1060. The van der Waals surface area contributed by atoms with Gasteiger partial charge in [-0.05, 0) is 31.2 Å². The van der Waals surface area contributed by atoms with Gasteiger partial charge in [0.2, 0.25) is 11.1 Å². The van der Waals surface area contributed by atoms with E-state index >= 15 is 0 Å². The first-order valence-electron chi connectivity index (χ1n) is 8.27. The topological polar surface area (TPSA) is 95.1 Å². The van der Waals surface area contributed by atoms with Crippen LogP contribution in [0.25, 0.3) is 11.4 Å². The molecule has 152 valence electrons. The van der Waals surface area contributed by atoms with Gasteiger partial charge in [-0.25, -0.2) is 4.68 Å². The number of nitrogens with one attached hydrogen (secondary N) is 1. The minimum Gasteiger partial charge on any atom is -0.496 e. The Morgan fingerprint density at radius 3 is 2.59 bits per heavy atom. The highest BCUT2D eigenvalue weighted by atomic mass is 35.5. The van der Waals surface area contributed by atoms with Crippen LogP contribution in [0.5, 0.6) is 5.75 Å². The van der Waals surface area contributed by atoms with E-state index in [1.807, 2.05) is 18.2 Å². The zero-order chi connectivity index (χ0) is 21.1. The largest absolute Gasteiger partial charge is 0.496 e. The molecule has 11 heteroatoms. The number of para-hydroxylation sites is 1. The number of thioether (sulfide) groups is 1. The molecule has 1 aromatic heterocycles. The summed E-state index contributed by atoms with van der Waals surface area (Å²) in [7, 11) is 1.56. The lowest BCUT2D eigenvalue weighted by Crippen LogP contribution is -2.24. The van der Waals surface area contributed by atoms with E-state index in [9.17, 15) is 4.79 Å². The Labute approximate surface area is 186 Å². The number of rotatable bonds is 6. The van der Waals surface area contributed by atoms with E-state index in [-0.39, 0.29) is 16.0 Å². The molecule has 0 aliphatic rings. The Balaban J connectivity index is 1.76. The van der Waals surface area contributed by atoms with Crippen LogP contribution in [0.4, 0.5) is 5.69 Å². The normalized spacial score (nSPS) is 11.9. The van der Waals surface area contributed by atoms with Crippen LogP contribution >= 0.6 is 46.6 Å². The molecular formula is C18H16Cl3N5O2S. The fraction of sp³-hybridized carbons (Fsp3) is 0.167. The van der Waals surface area contributed by atoms with Crippen molar-refractivity contribution in [3.8, 4) is 17.1 Å². The van der Waals surface area contributed by atoms with Crippen LogP contribution in [0.3, 0.4) is 0 Å². The zero-order valence-corrected chi connectivity index (χ0v) is 18.4. The van der Waals surface area contributed by atoms with E-state index in [4.69, 9.17) is 45.4 Å². The van der Waals surface area contributed by atoms with Gasteiger partial charge in [0.05, 0.1) is 38.7 Å². The number of carbonyl (C=O) groups excluding carboxylic acids is 1. The molecule has 3 rings (SSSR count). The predicted octanol–water partition coefficient (Wildman–Crippen LogP) is 4.75. The lowest BCUT2D eigenvalue weighted by Gasteiger charge is -2.13. The molecule has 2 aromatic carbocycles. The molecule has 0 aliphatic carbocycles. The van der Waals surface area contributed by atoms with Crippen LogP contribution in [0.1, 0.15) is 6.92 Å². The molecular weight excluding hydrogens is 457 g/mol. The third kappa shape index (κ3) is 4.72. The number of hydrogen-bond donors (Lipinski definition) is 2. The number of methoxy groups -OCH3 is 1. The molecule has 29 heavy (non-hydrogen) atoms. The number of halogens is 3. The van der Waals surface area contributed by atoms with Gasteiger partial charge in [-0.1, -0.05) is 58.7 Å². The van der Waals surface area contributed by atoms with Crippen molar-refractivity contribution >= 4 is 58.2 Å². The van der Waals surface area contributed by atoms with E-state index in [0.717, 1.165) is 11.8 Å². The Morgan fingerprint density at radius 2 is 1.86 bits per heavy atom. The summed E-state index contributed by atoms with van der Waals surface area (Å²) in [6.07, 6.45) is 0. The third-order valence-electron chi connectivity index (χ3n) is 3.93. The van der Waals surface area contributed by atoms with Crippen molar-refractivity contribution in [2.45, 2.75) is 17.3 Å². The highest BCUT2D eigenvalue weighted by Gasteiger charge is 2.22. The van der Waals surface area contributed by atoms with Crippen molar-refractivity contribution < 1.29 is 9.53 Å². The minimum absolute atomic E-state index is 0.283. The maximum atomic E-state index is 12.6. The highest BCUT2D eigenvalue weighted by Crippen LogP contribution is 2.34. The van der Waals surface area contributed by atoms with E-state index in [2.05, 4.69) is 15.5 Å². The van der Waals surface area contributed by atoms with Crippen LogP contribution in [0.2, 0.25) is 15.1 Å². The zero-order valence-electron chi connectivity index (χ0n) is 15.3. The van der Waals surface area contributed by atoms with E-state index in [1.165, 1.54) is 16.8 Å². The fourth-order valence-electron chi connectivity index (χ4n) is 2.43. The summed E-state index contributed by atoms with van der Waals surface area (Å²) in [4.78, 5) is 12.6. The Morgan fingerprint density at radius 1 is 1.17 bits per heavy atom. The average Bonchev–Trinajstić information content (AvgIpc) is 3.06. The number of carbonyl (C=O) groups is 1. The fourth-order valence-corrected chi connectivity index (χ4v) is 3.80. The van der Waals surface area contributed by atoms with Crippen LogP contribution in [-0.2, 0) is 4.79 Å². The Kier molecular flexibility index (Phi) is 6.79. The molecule has 7 nitrogen and oxygen atoms in total. The summed E-state index contributed by atoms with van der Waals surface area (Å²) in [5.74, 6) is 6.88. The second-order valence-electron chi connectivity index (χ2n) is 5.87. The van der Waals surface area contributed by atoms with Crippen molar-refractivity contribution in [3.05, 3.63) is 51.5 Å². The van der Waals surface area contributed by atoms with Crippen molar-refractivity contribution in [1.82, 2.24) is 14.9 Å². The van der Waals surface area contributed by atoms with Crippen LogP contribution in [-0.4, -0.2) is 33.1 Å². The SMILES string of the molecule is COc1ccccc1-c1nnc(SC(C)C(=O)Nc2cc(Cl)c(Cl)cc2Cl)n1N. The van der Waals surface area contributed by atoms with Crippen LogP contribution in [0.15, 0.2) is 41.6 Å². The lowest BCUT2D eigenvalue weighted by molar-refractivity contribution is -0.115. The first kappa shape index (κ1) is 21.6. The first-order chi connectivity index (χ1) is 13.8. The van der Waals surface area contributed by atoms with Crippen molar-refractivity contribution in [1.29, 1.82) is 0 Å². The summed E-state index contributed by atoms with van der Waals surface area (Å²) in [5.41, 5.74) is 1.05. The molecule has 3 N–H and O–H groups in total. The summed E-state index contributed by atoms with van der Waals surface area (Å²) in [6.45, 7) is 1.71. The number of amides is 1. The second-order valence-corrected chi connectivity index (χ2v) is 8.40. The van der Waals surface area contributed by atoms with Gasteiger partial charge in [-0.2, -0.15) is 0 Å². The van der Waals surface area contributed by atoms with Gasteiger partial charge in [-0.15, -0.1) is 10.2 Å². The monoisotopic (exact) mass is 471 g/mol. The number of ether oxygens (including phenoxy) is 1. The summed E-state index contributed by atoms with van der Waals surface area (Å²) in [6, 6.07) is 10.3. The molecule has 1 amide bonds. The molecule has 0 saturated heterocycles. The lowest BCUT2D eigenvalue weighted by atomic mass is 10.2. The molecule has 0 spiro atoms. The molecule has 1 heterocycles. The molecule has 1 unspecified atom stereocenters. The number of nitrogens with two attached hydrogens (primary N) is 1. The number of hydrogen-bond acceptors (Lipinski definition) is 6. The van der Waals surface area contributed by atoms with E-state index < -0.39 is 5.25 Å². The smallest absolute Gasteiger partial charge is 0.237 e. The molecule has 0 radical (unpaired) electrons. The van der Waals surface area contributed by atoms with Gasteiger partial charge >= 0.3 is 0 Å². The molecule has 3 aromatic rings. The number of benzene rings is 2.